The predicted octanol–water partition coefficient (Wildman–Crippen LogP) is 6.37. The summed E-state index contributed by atoms with van der Waals surface area (Å²) in [4.78, 5) is 13.0. The molecular weight excluding hydrogens is 735 g/mol. The first-order valence-electron chi connectivity index (χ1n) is 15.5. The summed E-state index contributed by atoms with van der Waals surface area (Å²) in [5.41, 5.74) is 3.97. The number of halogens is 2. The van der Waals surface area contributed by atoms with E-state index in [2.05, 4.69) is 10.5 Å². The van der Waals surface area contributed by atoms with Crippen molar-refractivity contribution in [2.75, 3.05) is 20.2 Å². The Morgan fingerprint density at radius 1 is 0.745 bits per heavy atom. The van der Waals surface area contributed by atoms with Crippen LogP contribution in [0.2, 0.25) is 10.0 Å². The summed E-state index contributed by atoms with van der Waals surface area (Å²) in [6.45, 7) is -0.539. The SMILES string of the molecule is COc1ccc(S(=O)(=O)N(CCc2ccccc2)CC(=O)N/N=C\c2ccc(CN(Cc3ccc(Cl)cc3)S(=O)(=O)c3ccc(Cl)cc3)o2)cc1. The van der Waals surface area contributed by atoms with Crippen LogP contribution in [0.4, 0.5) is 0 Å². The fourth-order valence-corrected chi connectivity index (χ4v) is 7.98. The molecule has 11 nitrogen and oxygen atoms in total. The third-order valence-electron chi connectivity index (χ3n) is 7.63. The van der Waals surface area contributed by atoms with Gasteiger partial charge in [0.1, 0.15) is 17.3 Å². The van der Waals surface area contributed by atoms with Gasteiger partial charge in [0.25, 0.3) is 5.91 Å². The molecule has 1 amide bonds. The summed E-state index contributed by atoms with van der Waals surface area (Å²) in [5.74, 6) is 0.362. The highest BCUT2D eigenvalue weighted by molar-refractivity contribution is 7.89. The number of benzene rings is 4. The number of sulfonamides is 2. The van der Waals surface area contributed by atoms with E-state index in [4.69, 9.17) is 32.4 Å². The molecule has 0 atom stereocenters. The third kappa shape index (κ3) is 10.3. The highest BCUT2D eigenvalue weighted by Crippen LogP contribution is 2.24. The fraction of sp³-hybridized carbons (Fsp3) is 0.167. The maximum absolute atomic E-state index is 13.7. The van der Waals surface area contributed by atoms with E-state index in [9.17, 15) is 21.6 Å². The van der Waals surface area contributed by atoms with Gasteiger partial charge in [-0.25, -0.2) is 22.3 Å². The maximum atomic E-state index is 13.7. The topological polar surface area (TPSA) is 139 Å². The average molecular weight is 770 g/mol. The van der Waals surface area contributed by atoms with Gasteiger partial charge in [-0.05, 0) is 90.3 Å². The smallest absolute Gasteiger partial charge is 0.255 e. The van der Waals surface area contributed by atoms with E-state index in [0.29, 0.717) is 33.5 Å². The van der Waals surface area contributed by atoms with Gasteiger partial charge >= 0.3 is 0 Å². The number of furan rings is 1. The van der Waals surface area contributed by atoms with E-state index in [1.54, 1.807) is 36.4 Å². The summed E-state index contributed by atoms with van der Waals surface area (Å²) >= 11 is 12.0. The Balaban J connectivity index is 1.27. The largest absolute Gasteiger partial charge is 0.497 e. The zero-order chi connectivity index (χ0) is 36.4. The number of nitrogens with zero attached hydrogens (tertiary/aromatic N) is 3. The van der Waals surface area contributed by atoms with Crippen LogP contribution < -0.4 is 10.2 Å². The summed E-state index contributed by atoms with van der Waals surface area (Å²) in [6, 6.07) is 31.1. The number of hydrazone groups is 1. The minimum Gasteiger partial charge on any atom is -0.497 e. The summed E-state index contributed by atoms with van der Waals surface area (Å²) in [6.07, 6.45) is 1.62. The molecule has 0 aliphatic heterocycles. The van der Waals surface area contributed by atoms with E-state index in [0.717, 1.165) is 9.87 Å². The van der Waals surface area contributed by atoms with Crippen LogP contribution in [0.25, 0.3) is 0 Å². The molecule has 1 aromatic heterocycles. The number of hydrogen-bond acceptors (Lipinski definition) is 8. The van der Waals surface area contributed by atoms with Crippen LogP contribution >= 0.6 is 23.2 Å². The van der Waals surface area contributed by atoms with Crippen molar-refractivity contribution in [2.45, 2.75) is 29.3 Å². The number of carbonyl (C=O) groups is 1. The molecule has 4 aromatic carbocycles. The van der Waals surface area contributed by atoms with Crippen molar-refractivity contribution in [1.29, 1.82) is 0 Å². The highest BCUT2D eigenvalue weighted by atomic mass is 35.5. The first-order chi connectivity index (χ1) is 24.4. The third-order valence-corrected chi connectivity index (χ3v) is 11.8. The van der Waals surface area contributed by atoms with E-state index >= 15 is 0 Å². The van der Waals surface area contributed by atoms with Gasteiger partial charge in [0, 0.05) is 23.1 Å². The Labute approximate surface area is 307 Å². The Bertz CT molecular complexity index is 2160. The maximum Gasteiger partial charge on any atom is 0.255 e. The van der Waals surface area contributed by atoms with Crippen LogP contribution in [0.15, 0.2) is 135 Å². The number of nitrogens with one attached hydrogen (secondary N) is 1. The summed E-state index contributed by atoms with van der Waals surface area (Å²) in [7, 11) is -6.56. The van der Waals surface area contributed by atoms with Crippen molar-refractivity contribution in [3.8, 4) is 5.75 Å². The van der Waals surface area contributed by atoms with Gasteiger partial charge in [0.2, 0.25) is 20.0 Å². The molecule has 0 aliphatic carbocycles. The van der Waals surface area contributed by atoms with Crippen molar-refractivity contribution in [2.24, 2.45) is 5.10 Å². The monoisotopic (exact) mass is 768 g/mol. The number of amides is 1. The first kappa shape index (κ1) is 37.7. The van der Waals surface area contributed by atoms with Gasteiger partial charge < -0.3 is 9.15 Å². The molecule has 1 N–H and O–H groups in total. The van der Waals surface area contributed by atoms with Gasteiger partial charge in [-0.2, -0.15) is 13.7 Å². The molecule has 0 fully saturated rings. The van der Waals surface area contributed by atoms with E-state index < -0.39 is 32.5 Å². The predicted molar refractivity (Wildman–Crippen MR) is 196 cm³/mol. The minimum atomic E-state index is -4.06. The van der Waals surface area contributed by atoms with Gasteiger partial charge in [0.05, 0.1) is 36.2 Å². The van der Waals surface area contributed by atoms with Gasteiger partial charge in [-0.3, -0.25) is 4.79 Å². The molecule has 0 aliphatic rings. The van der Waals surface area contributed by atoms with Crippen LogP contribution in [0, 0.1) is 0 Å². The van der Waals surface area contributed by atoms with Gasteiger partial charge in [-0.15, -0.1) is 0 Å². The Kier molecular flexibility index (Phi) is 12.7. The quantitative estimate of drug-likeness (QED) is 0.0910. The van der Waals surface area contributed by atoms with E-state index in [1.807, 2.05) is 30.3 Å². The zero-order valence-electron chi connectivity index (χ0n) is 27.4. The van der Waals surface area contributed by atoms with E-state index in [-0.39, 0.29) is 35.2 Å². The lowest BCUT2D eigenvalue weighted by atomic mass is 10.1. The standard InChI is InChI=1S/C36H34Cl2N4O7S2/c1-48-31-15-19-35(20-16-31)50(44,45)41(22-21-27-5-3-2-4-6-27)26-36(43)40-39-23-32-13-14-33(49-32)25-42(24-28-7-9-29(37)10-8-28)51(46,47)34-17-11-30(38)12-18-34/h2-20,23H,21-22,24-26H2,1H3,(H,40,43)/b39-23-. The molecule has 0 saturated carbocycles. The highest BCUT2D eigenvalue weighted by Gasteiger charge is 2.28. The second-order valence-electron chi connectivity index (χ2n) is 11.2. The number of hydrogen-bond donors (Lipinski definition) is 1. The second kappa shape index (κ2) is 17.1. The lowest BCUT2D eigenvalue weighted by Crippen LogP contribution is -2.40. The number of carbonyl (C=O) groups excluding carboxylic acids is 1. The van der Waals surface area contributed by atoms with Crippen LogP contribution in [0.5, 0.6) is 5.75 Å². The molecule has 0 saturated heterocycles. The molecule has 5 rings (SSSR count). The molecule has 0 unspecified atom stereocenters. The normalized spacial score (nSPS) is 12.1. The minimum absolute atomic E-state index is 0.0129. The lowest BCUT2D eigenvalue weighted by molar-refractivity contribution is -0.121. The van der Waals surface area contributed by atoms with Crippen molar-refractivity contribution < 1.29 is 30.8 Å². The van der Waals surface area contributed by atoms with E-state index in [1.165, 1.54) is 66.2 Å². The summed E-state index contributed by atoms with van der Waals surface area (Å²) < 4.78 is 67.8. The molecule has 1 heterocycles. The van der Waals surface area contributed by atoms with Crippen molar-refractivity contribution in [3.63, 3.8) is 0 Å². The van der Waals surface area contributed by atoms with Crippen molar-refractivity contribution in [3.05, 3.63) is 148 Å². The molecule has 0 radical (unpaired) electrons. The molecule has 5 aromatic rings. The summed E-state index contributed by atoms with van der Waals surface area (Å²) in [5, 5.41) is 4.87. The Hall–Kier alpha value is -4.50. The second-order valence-corrected chi connectivity index (χ2v) is 15.9. The van der Waals surface area contributed by atoms with Gasteiger partial charge in [0.15, 0.2) is 0 Å². The van der Waals surface area contributed by atoms with Crippen LogP contribution in [0.1, 0.15) is 22.6 Å². The Morgan fingerprint density at radius 2 is 1.33 bits per heavy atom. The van der Waals surface area contributed by atoms with Crippen LogP contribution in [0.3, 0.4) is 0 Å². The number of methoxy groups -OCH3 is 1. The fourth-order valence-electron chi connectivity index (χ4n) is 4.94. The Morgan fingerprint density at radius 3 is 1.96 bits per heavy atom. The average Bonchev–Trinajstić information content (AvgIpc) is 3.58. The van der Waals surface area contributed by atoms with Gasteiger partial charge in [-0.1, -0.05) is 65.7 Å². The molecule has 266 valence electrons. The molecule has 15 heteroatoms. The molecule has 51 heavy (non-hydrogen) atoms. The molecular formula is C36H34Cl2N4O7S2. The molecule has 0 spiro atoms. The van der Waals surface area contributed by atoms with Crippen LogP contribution in [-0.2, 0) is 44.4 Å². The first-order valence-corrected chi connectivity index (χ1v) is 19.2. The van der Waals surface area contributed by atoms with Crippen molar-refractivity contribution in [1.82, 2.24) is 14.0 Å². The van der Waals surface area contributed by atoms with Crippen LogP contribution in [-0.4, -0.2) is 57.8 Å². The lowest BCUT2D eigenvalue weighted by Gasteiger charge is -2.21. The number of rotatable bonds is 16. The molecule has 0 bridgehead atoms. The zero-order valence-corrected chi connectivity index (χ0v) is 30.5. The van der Waals surface area contributed by atoms with Crippen molar-refractivity contribution >= 4 is 55.4 Å². The number of ether oxygens (including phenoxy) is 1.